The first-order valence-electron chi connectivity index (χ1n) is 9.26. The summed E-state index contributed by atoms with van der Waals surface area (Å²) < 4.78 is 12.6. The van der Waals surface area contributed by atoms with Gasteiger partial charge in [0.25, 0.3) is 0 Å². The molecule has 1 heterocycles. The maximum atomic E-state index is 6.30. The zero-order valence-electron chi connectivity index (χ0n) is 13.1. The van der Waals surface area contributed by atoms with Crippen LogP contribution in [0.2, 0.25) is 0 Å². The number of aliphatic imine (C=N–C) groups is 1. The number of fused-ring (bicyclic) bond motifs is 4. The smallest absolute Gasteiger partial charge is 0.175 e. The molecule has 1 aromatic carbocycles. The second-order valence-electron chi connectivity index (χ2n) is 8.47. The van der Waals surface area contributed by atoms with Crippen molar-refractivity contribution >= 4 is 5.71 Å². The number of nitrogens with zero attached hydrogens (tertiary/aromatic N) is 1. The fraction of sp³-hybridized carbons (Fsp3) is 0.650. The Bertz CT molecular complexity index is 722. The van der Waals surface area contributed by atoms with Crippen molar-refractivity contribution in [2.75, 3.05) is 13.2 Å². The van der Waals surface area contributed by atoms with Crippen molar-refractivity contribution in [3.8, 4) is 0 Å². The second-order valence-corrected chi connectivity index (χ2v) is 8.47. The SMILES string of the molecule is c1ccc(CN=C2[C@@H]3[C@H]4[C@H]5C[C@H]6[C@@H]4[C@@H]3C3(OCCO3)[C@H]6[C@@H]25)cc1. The van der Waals surface area contributed by atoms with Gasteiger partial charge in [0, 0.05) is 29.4 Å². The quantitative estimate of drug-likeness (QED) is 0.841. The Morgan fingerprint density at radius 1 is 0.957 bits per heavy atom. The van der Waals surface area contributed by atoms with Crippen molar-refractivity contribution in [2.45, 2.75) is 18.8 Å². The van der Waals surface area contributed by atoms with Crippen LogP contribution in [-0.2, 0) is 16.0 Å². The van der Waals surface area contributed by atoms with Crippen molar-refractivity contribution in [2.24, 2.45) is 52.3 Å². The fourth-order valence-electron chi connectivity index (χ4n) is 7.95. The third-order valence-electron chi connectivity index (χ3n) is 8.14. The molecule has 23 heavy (non-hydrogen) atoms. The first kappa shape index (κ1) is 12.2. The molecule has 3 nitrogen and oxygen atoms in total. The number of ether oxygens (including phenoxy) is 2. The summed E-state index contributed by atoms with van der Waals surface area (Å²) in [5, 5.41) is 0. The van der Waals surface area contributed by atoms with Crippen LogP contribution in [0.25, 0.3) is 0 Å². The van der Waals surface area contributed by atoms with Crippen LogP contribution in [0.5, 0.6) is 0 Å². The van der Waals surface area contributed by atoms with E-state index in [9.17, 15) is 0 Å². The molecule has 5 saturated carbocycles. The standard InChI is InChI=1S/C20H21NO2/c1-2-4-10(5-3-1)9-21-19-15-11-8-12-14-13(11)16(19)18(14)20(17(12)15)22-6-7-23-20/h1-5,11-18H,6-9H2/t11-,12+,13+,14+,15+,16-,17-,18+/m1/s1. The summed E-state index contributed by atoms with van der Waals surface area (Å²) in [4.78, 5) is 5.17. The maximum Gasteiger partial charge on any atom is 0.175 e. The molecule has 7 rings (SSSR count). The molecule has 6 aliphatic rings. The largest absolute Gasteiger partial charge is 0.347 e. The van der Waals surface area contributed by atoms with Gasteiger partial charge < -0.3 is 9.47 Å². The summed E-state index contributed by atoms with van der Waals surface area (Å²) in [6.07, 6.45) is 1.43. The monoisotopic (exact) mass is 307 g/mol. The topological polar surface area (TPSA) is 30.8 Å². The normalized spacial score (nSPS) is 53.8. The Morgan fingerprint density at radius 2 is 1.78 bits per heavy atom. The van der Waals surface area contributed by atoms with Crippen LogP contribution in [0.3, 0.4) is 0 Å². The average molecular weight is 307 g/mol. The van der Waals surface area contributed by atoms with E-state index < -0.39 is 0 Å². The van der Waals surface area contributed by atoms with Crippen LogP contribution in [-0.4, -0.2) is 24.7 Å². The highest BCUT2D eigenvalue weighted by Gasteiger charge is 2.88. The number of benzene rings is 1. The van der Waals surface area contributed by atoms with E-state index in [1.165, 1.54) is 12.0 Å². The van der Waals surface area contributed by atoms with Gasteiger partial charge in [-0.2, -0.15) is 0 Å². The molecule has 118 valence electrons. The van der Waals surface area contributed by atoms with Crippen LogP contribution in [0.4, 0.5) is 0 Å². The molecule has 3 heteroatoms. The predicted molar refractivity (Wildman–Crippen MR) is 84.8 cm³/mol. The van der Waals surface area contributed by atoms with E-state index in [0.29, 0.717) is 23.7 Å². The van der Waals surface area contributed by atoms with Gasteiger partial charge in [-0.05, 0) is 35.7 Å². The number of hydrogen-bond donors (Lipinski definition) is 0. The molecule has 1 saturated heterocycles. The molecule has 1 spiro atoms. The molecule has 0 N–H and O–H groups in total. The third kappa shape index (κ3) is 1.13. The van der Waals surface area contributed by atoms with E-state index in [4.69, 9.17) is 14.5 Å². The summed E-state index contributed by atoms with van der Waals surface area (Å²) in [6.45, 7) is 2.46. The van der Waals surface area contributed by atoms with Crippen molar-refractivity contribution in [3.05, 3.63) is 35.9 Å². The molecular formula is C20H21NO2. The number of hydrogen-bond acceptors (Lipinski definition) is 3. The average Bonchev–Trinajstić information content (AvgIpc) is 3.24. The fourth-order valence-corrected chi connectivity index (χ4v) is 7.95. The zero-order chi connectivity index (χ0) is 14.8. The molecule has 1 aromatic rings. The van der Waals surface area contributed by atoms with Gasteiger partial charge in [-0.1, -0.05) is 30.3 Å². The summed E-state index contributed by atoms with van der Waals surface area (Å²) in [5.74, 6) is 6.00. The van der Waals surface area contributed by atoms with Gasteiger partial charge >= 0.3 is 0 Å². The first-order valence-corrected chi connectivity index (χ1v) is 9.26. The van der Waals surface area contributed by atoms with Gasteiger partial charge in [-0.15, -0.1) is 0 Å². The Hall–Kier alpha value is -1.19. The summed E-state index contributed by atoms with van der Waals surface area (Å²) in [7, 11) is 0. The first-order chi connectivity index (χ1) is 11.4. The minimum atomic E-state index is -0.196. The van der Waals surface area contributed by atoms with Crippen molar-refractivity contribution < 1.29 is 9.47 Å². The Kier molecular flexibility index (Phi) is 1.98. The molecule has 2 bridgehead atoms. The molecular weight excluding hydrogens is 286 g/mol. The third-order valence-corrected chi connectivity index (χ3v) is 8.14. The van der Waals surface area contributed by atoms with Crippen LogP contribution in [0.1, 0.15) is 12.0 Å². The lowest BCUT2D eigenvalue weighted by Gasteiger charge is -2.51. The van der Waals surface area contributed by atoms with Crippen molar-refractivity contribution in [3.63, 3.8) is 0 Å². The van der Waals surface area contributed by atoms with Crippen LogP contribution in [0, 0.1) is 47.3 Å². The molecule has 0 aromatic heterocycles. The Balaban J connectivity index is 1.31. The van der Waals surface area contributed by atoms with Crippen molar-refractivity contribution in [1.29, 1.82) is 0 Å². The van der Waals surface area contributed by atoms with E-state index in [2.05, 4.69) is 30.3 Å². The molecule has 0 unspecified atom stereocenters. The van der Waals surface area contributed by atoms with Gasteiger partial charge in [0.2, 0.25) is 0 Å². The lowest BCUT2D eigenvalue weighted by Crippen LogP contribution is -2.58. The highest BCUT2D eigenvalue weighted by molar-refractivity contribution is 5.96. The second kappa shape index (κ2) is 3.73. The van der Waals surface area contributed by atoms with Crippen LogP contribution in [0.15, 0.2) is 35.3 Å². The minimum absolute atomic E-state index is 0.196. The molecule has 1 aliphatic heterocycles. The summed E-state index contributed by atoms with van der Waals surface area (Å²) >= 11 is 0. The van der Waals surface area contributed by atoms with Crippen LogP contribution >= 0.6 is 0 Å². The van der Waals surface area contributed by atoms with E-state index in [1.807, 2.05) is 0 Å². The minimum Gasteiger partial charge on any atom is -0.347 e. The predicted octanol–water partition coefficient (Wildman–Crippen LogP) is 2.76. The highest BCUT2D eigenvalue weighted by atomic mass is 16.7. The van der Waals surface area contributed by atoms with Gasteiger partial charge in [0.1, 0.15) is 0 Å². The zero-order valence-corrected chi connectivity index (χ0v) is 13.1. The Morgan fingerprint density at radius 3 is 2.61 bits per heavy atom. The van der Waals surface area contributed by atoms with Gasteiger partial charge in [0.15, 0.2) is 5.79 Å². The summed E-state index contributed by atoms with van der Waals surface area (Å²) in [6, 6.07) is 10.7. The number of rotatable bonds is 2. The Labute approximate surface area is 136 Å². The van der Waals surface area contributed by atoms with Gasteiger partial charge in [-0.3, -0.25) is 4.99 Å². The van der Waals surface area contributed by atoms with Gasteiger partial charge in [0.05, 0.1) is 19.8 Å². The highest BCUT2D eigenvalue weighted by Crippen LogP contribution is 2.85. The molecule has 0 amide bonds. The van der Waals surface area contributed by atoms with Gasteiger partial charge in [-0.25, -0.2) is 0 Å². The van der Waals surface area contributed by atoms with Crippen LogP contribution < -0.4 is 0 Å². The van der Waals surface area contributed by atoms with E-state index >= 15 is 0 Å². The summed E-state index contributed by atoms with van der Waals surface area (Å²) in [5.41, 5.74) is 2.89. The lowest BCUT2D eigenvalue weighted by atomic mass is 9.58. The lowest BCUT2D eigenvalue weighted by molar-refractivity contribution is -0.240. The molecule has 0 radical (unpaired) electrons. The maximum absolute atomic E-state index is 6.30. The molecule has 5 aliphatic carbocycles. The van der Waals surface area contributed by atoms with E-state index in [-0.39, 0.29) is 5.79 Å². The van der Waals surface area contributed by atoms with E-state index in [0.717, 1.165) is 43.4 Å². The molecule has 6 fully saturated rings. The van der Waals surface area contributed by atoms with E-state index in [1.54, 1.807) is 5.71 Å². The van der Waals surface area contributed by atoms with Crippen molar-refractivity contribution in [1.82, 2.24) is 0 Å². The molecule has 8 atom stereocenters.